The quantitative estimate of drug-likeness (QED) is 0.905. The van der Waals surface area contributed by atoms with Gasteiger partial charge in [0.1, 0.15) is 5.60 Å². The third-order valence-corrected chi connectivity index (χ3v) is 5.32. The third kappa shape index (κ3) is 2.08. The van der Waals surface area contributed by atoms with Crippen molar-refractivity contribution in [1.82, 2.24) is 9.78 Å². The van der Waals surface area contributed by atoms with Crippen LogP contribution in [0.4, 0.5) is 0 Å². The zero-order valence-corrected chi connectivity index (χ0v) is 13.0. The van der Waals surface area contributed by atoms with Crippen molar-refractivity contribution in [3.8, 4) is 0 Å². The monoisotopic (exact) mass is 288 g/mol. The molecule has 1 aromatic heterocycles. The predicted octanol–water partition coefficient (Wildman–Crippen LogP) is 3.47. The lowest BCUT2D eigenvalue weighted by Crippen LogP contribution is -2.49. The standard InChI is InChI=1S/C13H21ClN2OS/c1-9(2)16-11(10(14)7-15-16)13(17)8-18-6-5-12(13,3)4/h7,9,17H,5-6,8H2,1-4H3. The van der Waals surface area contributed by atoms with Crippen LogP contribution < -0.4 is 0 Å². The van der Waals surface area contributed by atoms with Crippen LogP contribution >= 0.6 is 23.4 Å². The molecule has 0 bridgehead atoms. The molecule has 5 heteroatoms. The van der Waals surface area contributed by atoms with Gasteiger partial charge in [0.15, 0.2) is 0 Å². The molecule has 1 unspecified atom stereocenters. The van der Waals surface area contributed by atoms with Crippen molar-refractivity contribution in [3.05, 3.63) is 16.9 Å². The lowest BCUT2D eigenvalue weighted by molar-refractivity contribution is -0.0651. The van der Waals surface area contributed by atoms with Gasteiger partial charge in [-0.15, -0.1) is 0 Å². The van der Waals surface area contributed by atoms with Crippen LogP contribution in [0.2, 0.25) is 5.02 Å². The number of rotatable bonds is 2. The van der Waals surface area contributed by atoms with Gasteiger partial charge in [0.25, 0.3) is 0 Å². The van der Waals surface area contributed by atoms with E-state index in [1.807, 2.05) is 4.68 Å². The van der Waals surface area contributed by atoms with Gasteiger partial charge >= 0.3 is 0 Å². The van der Waals surface area contributed by atoms with Crippen LogP contribution in [0.3, 0.4) is 0 Å². The fraction of sp³-hybridized carbons (Fsp3) is 0.769. The lowest BCUT2D eigenvalue weighted by atomic mass is 9.71. The maximum atomic E-state index is 11.2. The summed E-state index contributed by atoms with van der Waals surface area (Å²) in [6.45, 7) is 8.33. The minimum atomic E-state index is -0.909. The van der Waals surface area contributed by atoms with Gasteiger partial charge in [-0.1, -0.05) is 25.4 Å². The Morgan fingerprint density at radius 2 is 2.17 bits per heavy atom. The van der Waals surface area contributed by atoms with Crippen molar-refractivity contribution in [3.63, 3.8) is 0 Å². The van der Waals surface area contributed by atoms with E-state index in [9.17, 15) is 5.11 Å². The molecule has 102 valence electrons. The topological polar surface area (TPSA) is 38.0 Å². The first-order valence-corrected chi connectivity index (χ1v) is 7.86. The average Bonchev–Trinajstić information content (AvgIpc) is 2.65. The molecular formula is C13H21ClN2OS. The highest BCUT2D eigenvalue weighted by Crippen LogP contribution is 2.50. The maximum Gasteiger partial charge on any atom is 0.122 e. The van der Waals surface area contributed by atoms with Gasteiger partial charge in [-0.05, 0) is 26.0 Å². The van der Waals surface area contributed by atoms with Crippen LogP contribution in [-0.2, 0) is 5.60 Å². The molecule has 0 aliphatic carbocycles. The summed E-state index contributed by atoms with van der Waals surface area (Å²) in [5, 5.41) is 16.1. The Kier molecular flexibility index (Phi) is 3.74. The molecule has 0 radical (unpaired) electrons. The summed E-state index contributed by atoms with van der Waals surface area (Å²) < 4.78 is 1.86. The Hall–Kier alpha value is -0.190. The zero-order valence-electron chi connectivity index (χ0n) is 11.4. The minimum absolute atomic E-state index is 0.186. The summed E-state index contributed by atoms with van der Waals surface area (Å²) in [7, 11) is 0. The molecule has 2 heterocycles. The fourth-order valence-corrected chi connectivity index (χ4v) is 4.37. The largest absolute Gasteiger partial charge is 0.382 e. The van der Waals surface area contributed by atoms with Gasteiger partial charge in [0.2, 0.25) is 0 Å². The third-order valence-electron chi connectivity index (χ3n) is 3.93. The van der Waals surface area contributed by atoms with Gasteiger partial charge in [0, 0.05) is 17.2 Å². The maximum absolute atomic E-state index is 11.2. The van der Waals surface area contributed by atoms with E-state index in [1.54, 1.807) is 18.0 Å². The Bertz CT molecular complexity index is 444. The van der Waals surface area contributed by atoms with Crippen LogP contribution in [0.25, 0.3) is 0 Å². The van der Waals surface area contributed by atoms with E-state index in [-0.39, 0.29) is 11.5 Å². The van der Waals surface area contributed by atoms with E-state index in [4.69, 9.17) is 11.6 Å². The summed E-state index contributed by atoms with van der Waals surface area (Å²) >= 11 is 8.07. The number of thioether (sulfide) groups is 1. The molecule has 1 fully saturated rings. The van der Waals surface area contributed by atoms with E-state index in [0.29, 0.717) is 10.8 Å². The molecule has 0 spiro atoms. The molecule has 1 aliphatic heterocycles. The van der Waals surface area contributed by atoms with Gasteiger partial charge in [-0.2, -0.15) is 16.9 Å². The van der Waals surface area contributed by atoms with Gasteiger partial charge in [-0.3, -0.25) is 4.68 Å². The normalized spacial score (nSPS) is 27.7. The van der Waals surface area contributed by atoms with Gasteiger partial charge in [-0.25, -0.2) is 0 Å². The summed E-state index contributed by atoms with van der Waals surface area (Å²) in [6, 6.07) is 0.194. The number of halogens is 1. The molecular weight excluding hydrogens is 268 g/mol. The summed E-state index contributed by atoms with van der Waals surface area (Å²) in [4.78, 5) is 0. The molecule has 1 atom stereocenters. The average molecular weight is 289 g/mol. The second-order valence-corrected chi connectivity index (χ2v) is 7.44. The number of nitrogens with zero attached hydrogens (tertiary/aromatic N) is 2. The lowest BCUT2D eigenvalue weighted by Gasteiger charge is -2.46. The number of aliphatic hydroxyl groups is 1. The highest BCUT2D eigenvalue weighted by molar-refractivity contribution is 7.99. The minimum Gasteiger partial charge on any atom is -0.382 e. The fourth-order valence-electron chi connectivity index (χ4n) is 2.46. The van der Waals surface area contributed by atoms with Crippen LogP contribution in [0.1, 0.15) is 45.9 Å². The molecule has 0 amide bonds. The van der Waals surface area contributed by atoms with E-state index < -0.39 is 5.60 Å². The highest BCUT2D eigenvalue weighted by Gasteiger charge is 2.50. The van der Waals surface area contributed by atoms with E-state index in [1.165, 1.54) is 0 Å². The van der Waals surface area contributed by atoms with Crippen molar-refractivity contribution in [2.75, 3.05) is 11.5 Å². The highest BCUT2D eigenvalue weighted by atomic mass is 35.5. The summed E-state index contributed by atoms with van der Waals surface area (Å²) in [6.07, 6.45) is 2.62. The summed E-state index contributed by atoms with van der Waals surface area (Å²) in [5.41, 5.74) is -0.320. The molecule has 1 aliphatic rings. The van der Waals surface area contributed by atoms with Crippen molar-refractivity contribution >= 4 is 23.4 Å². The molecule has 2 rings (SSSR count). The van der Waals surface area contributed by atoms with E-state index in [0.717, 1.165) is 17.9 Å². The van der Waals surface area contributed by atoms with E-state index in [2.05, 4.69) is 32.8 Å². The molecule has 0 saturated carbocycles. The van der Waals surface area contributed by atoms with E-state index >= 15 is 0 Å². The first-order valence-electron chi connectivity index (χ1n) is 6.33. The second kappa shape index (κ2) is 4.73. The smallest absolute Gasteiger partial charge is 0.122 e. The first kappa shape index (κ1) is 14.2. The van der Waals surface area contributed by atoms with Gasteiger partial charge in [0.05, 0.1) is 16.9 Å². The Morgan fingerprint density at radius 3 is 2.72 bits per heavy atom. The SMILES string of the molecule is CC(C)n1ncc(Cl)c1C1(O)CSCCC1(C)C. The molecule has 18 heavy (non-hydrogen) atoms. The van der Waals surface area contributed by atoms with Crippen molar-refractivity contribution in [1.29, 1.82) is 0 Å². The molecule has 0 aromatic carbocycles. The number of aromatic nitrogens is 2. The van der Waals surface area contributed by atoms with Crippen molar-refractivity contribution < 1.29 is 5.11 Å². The molecule has 3 nitrogen and oxygen atoms in total. The van der Waals surface area contributed by atoms with Crippen molar-refractivity contribution in [2.24, 2.45) is 5.41 Å². The molecule has 1 saturated heterocycles. The second-order valence-electron chi connectivity index (χ2n) is 5.93. The number of hydrogen-bond donors (Lipinski definition) is 1. The Labute approximate surface area is 118 Å². The Balaban J connectivity index is 2.55. The first-order chi connectivity index (χ1) is 8.29. The zero-order chi connectivity index (χ0) is 13.6. The number of hydrogen-bond acceptors (Lipinski definition) is 3. The summed E-state index contributed by atoms with van der Waals surface area (Å²) in [5.74, 6) is 1.76. The van der Waals surface area contributed by atoms with Gasteiger partial charge < -0.3 is 5.11 Å². The van der Waals surface area contributed by atoms with Crippen LogP contribution in [0.15, 0.2) is 6.20 Å². The van der Waals surface area contributed by atoms with Crippen LogP contribution in [0, 0.1) is 5.41 Å². The molecule has 1 aromatic rings. The van der Waals surface area contributed by atoms with Crippen LogP contribution in [-0.4, -0.2) is 26.4 Å². The van der Waals surface area contributed by atoms with Crippen molar-refractivity contribution in [2.45, 2.75) is 45.8 Å². The molecule has 1 N–H and O–H groups in total. The predicted molar refractivity (Wildman–Crippen MR) is 77.2 cm³/mol. The Morgan fingerprint density at radius 1 is 1.50 bits per heavy atom. The van der Waals surface area contributed by atoms with Crippen LogP contribution in [0.5, 0.6) is 0 Å².